The van der Waals surface area contributed by atoms with Gasteiger partial charge in [-0.25, -0.2) is 22.0 Å². The van der Waals surface area contributed by atoms with Crippen LogP contribution in [0.5, 0.6) is 5.75 Å². The van der Waals surface area contributed by atoms with Crippen molar-refractivity contribution in [1.29, 1.82) is 0 Å². The van der Waals surface area contributed by atoms with Crippen molar-refractivity contribution in [3.8, 4) is 5.75 Å². The second-order valence-corrected chi connectivity index (χ2v) is 10.9. The summed E-state index contributed by atoms with van der Waals surface area (Å²) in [6.45, 7) is 4.75. The van der Waals surface area contributed by atoms with Gasteiger partial charge in [-0.2, -0.15) is 17.5 Å². The van der Waals surface area contributed by atoms with Gasteiger partial charge < -0.3 is 9.47 Å². The van der Waals surface area contributed by atoms with Crippen LogP contribution in [0.3, 0.4) is 0 Å². The van der Waals surface area contributed by atoms with E-state index in [0.717, 1.165) is 23.4 Å². The molecule has 188 valence electrons. The zero-order valence-corrected chi connectivity index (χ0v) is 19.9. The number of anilines is 1. The van der Waals surface area contributed by atoms with Crippen LogP contribution in [0.25, 0.3) is 0 Å². The van der Waals surface area contributed by atoms with Gasteiger partial charge in [0.25, 0.3) is 0 Å². The number of nitrogens with zero attached hydrogens (tertiary/aromatic N) is 2. The summed E-state index contributed by atoms with van der Waals surface area (Å²) in [7, 11) is -2.42. The molecule has 1 aromatic carbocycles. The highest BCUT2D eigenvalue weighted by molar-refractivity contribution is 7.89. The number of amides is 1. The molecule has 7 nitrogen and oxygen atoms in total. The Hall–Kier alpha value is -2.15. The lowest BCUT2D eigenvalue weighted by Gasteiger charge is -2.30. The molecule has 1 aliphatic rings. The third kappa shape index (κ3) is 6.25. The van der Waals surface area contributed by atoms with Gasteiger partial charge in [0.05, 0.1) is 18.4 Å². The second kappa shape index (κ2) is 8.90. The summed E-state index contributed by atoms with van der Waals surface area (Å²) in [4.78, 5) is 13.1. The lowest BCUT2D eigenvalue weighted by molar-refractivity contribution is -0.138. The minimum absolute atomic E-state index is 0.351. The van der Waals surface area contributed by atoms with E-state index in [-0.39, 0.29) is 6.42 Å². The van der Waals surface area contributed by atoms with Crippen LogP contribution >= 0.6 is 0 Å². The van der Waals surface area contributed by atoms with E-state index in [1.807, 2.05) is 0 Å². The van der Waals surface area contributed by atoms with Crippen molar-refractivity contribution in [1.82, 2.24) is 4.31 Å². The number of benzene rings is 1. The number of methoxy groups -OCH3 is 1. The fourth-order valence-electron chi connectivity index (χ4n) is 3.32. The molecule has 1 unspecified atom stereocenters. The maximum atomic E-state index is 13.6. The summed E-state index contributed by atoms with van der Waals surface area (Å²) in [5, 5.41) is 0. The minimum atomic E-state index is -4.92. The zero-order chi connectivity index (χ0) is 25.6. The van der Waals surface area contributed by atoms with Crippen LogP contribution in [0.4, 0.5) is 32.4 Å². The Balaban J connectivity index is 2.76. The SMILES string of the molecule is COc1cc2c(cc1C(F)(F)F)N(C(=O)OC(C)(C)C)CC(CCC(C)(F)F)N(C)S2(=O)=O. The van der Waals surface area contributed by atoms with Crippen LogP contribution in [0, 0.1) is 0 Å². The zero-order valence-electron chi connectivity index (χ0n) is 19.1. The molecule has 13 heteroatoms. The van der Waals surface area contributed by atoms with Gasteiger partial charge in [-0.3, -0.25) is 4.90 Å². The largest absolute Gasteiger partial charge is 0.496 e. The van der Waals surface area contributed by atoms with E-state index < -0.39 is 74.7 Å². The fraction of sp³-hybridized carbons (Fsp3) is 0.650. The van der Waals surface area contributed by atoms with E-state index in [1.54, 1.807) is 0 Å². The molecule has 0 bridgehead atoms. The molecule has 0 saturated heterocycles. The summed E-state index contributed by atoms with van der Waals surface area (Å²) < 4.78 is 105. The summed E-state index contributed by atoms with van der Waals surface area (Å²) in [5.41, 5.74) is -2.93. The molecule has 0 radical (unpaired) electrons. The number of alkyl halides is 5. The molecule has 0 spiro atoms. The Labute approximate surface area is 189 Å². The molecule has 1 aliphatic heterocycles. The Kier molecular flexibility index (Phi) is 7.30. The van der Waals surface area contributed by atoms with E-state index in [0.29, 0.717) is 19.1 Å². The third-order valence-electron chi connectivity index (χ3n) is 4.97. The first-order chi connectivity index (χ1) is 14.8. The molecule has 33 heavy (non-hydrogen) atoms. The summed E-state index contributed by atoms with van der Waals surface area (Å²) in [6.07, 6.45) is -7.09. The van der Waals surface area contributed by atoms with Crippen LogP contribution in [0.15, 0.2) is 17.0 Å². The molecule has 1 amide bonds. The van der Waals surface area contributed by atoms with E-state index in [2.05, 4.69) is 0 Å². The predicted octanol–water partition coefficient (Wildman–Crippen LogP) is 4.89. The van der Waals surface area contributed by atoms with Gasteiger partial charge in [0.1, 0.15) is 16.2 Å². The first kappa shape index (κ1) is 27.1. The Bertz CT molecular complexity index is 1000. The van der Waals surface area contributed by atoms with Gasteiger partial charge in [-0.05, 0) is 40.2 Å². The molecule has 0 aromatic heterocycles. The molecular weight excluding hydrogens is 475 g/mol. The maximum absolute atomic E-state index is 13.6. The molecule has 0 N–H and O–H groups in total. The van der Waals surface area contributed by atoms with Gasteiger partial charge in [0, 0.05) is 32.1 Å². The molecule has 0 aliphatic carbocycles. The number of ether oxygens (including phenoxy) is 2. The summed E-state index contributed by atoms with van der Waals surface area (Å²) in [6, 6.07) is 0.0272. The van der Waals surface area contributed by atoms with E-state index in [4.69, 9.17) is 9.47 Å². The number of halogens is 5. The lowest BCUT2D eigenvalue weighted by atomic mass is 10.1. The number of carbonyl (C=O) groups excluding carboxylic acids is 1. The van der Waals surface area contributed by atoms with Crippen molar-refractivity contribution >= 4 is 21.8 Å². The molecule has 1 aromatic rings. The van der Waals surface area contributed by atoms with Crippen LogP contribution in [-0.4, -0.2) is 57.1 Å². The van der Waals surface area contributed by atoms with Crippen LogP contribution in [0.1, 0.15) is 46.1 Å². The highest BCUT2D eigenvalue weighted by Gasteiger charge is 2.44. The molecule has 0 fully saturated rings. The van der Waals surface area contributed by atoms with E-state index in [9.17, 15) is 35.2 Å². The summed E-state index contributed by atoms with van der Waals surface area (Å²) >= 11 is 0. The van der Waals surface area contributed by atoms with Gasteiger partial charge in [-0.15, -0.1) is 0 Å². The first-order valence-electron chi connectivity index (χ1n) is 9.93. The van der Waals surface area contributed by atoms with Crippen molar-refractivity contribution in [3.63, 3.8) is 0 Å². The minimum Gasteiger partial charge on any atom is -0.496 e. The van der Waals surface area contributed by atoms with Crippen molar-refractivity contribution in [2.24, 2.45) is 0 Å². The van der Waals surface area contributed by atoms with Crippen molar-refractivity contribution in [2.75, 3.05) is 25.6 Å². The summed E-state index contributed by atoms with van der Waals surface area (Å²) in [5.74, 6) is -3.88. The van der Waals surface area contributed by atoms with Gasteiger partial charge >= 0.3 is 12.3 Å². The highest BCUT2D eigenvalue weighted by Crippen LogP contribution is 2.44. The number of hydrogen-bond acceptors (Lipinski definition) is 5. The lowest BCUT2D eigenvalue weighted by Crippen LogP contribution is -2.45. The molecular formula is C20H27F5N2O5S. The van der Waals surface area contributed by atoms with Gasteiger partial charge in [0.2, 0.25) is 15.9 Å². The number of rotatable bonds is 4. The third-order valence-corrected chi connectivity index (χ3v) is 6.91. The monoisotopic (exact) mass is 502 g/mol. The topological polar surface area (TPSA) is 76.2 Å². The average molecular weight is 503 g/mol. The van der Waals surface area contributed by atoms with Crippen molar-refractivity contribution in [3.05, 3.63) is 17.7 Å². The molecule has 2 rings (SSSR count). The fourth-order valence-corrected chi connectivity index (χ4v) is 4.88. The second-order valence-electron chi connectivity index (χ2n) is 8.89. The number of sulfonamides is 1. The number of carbonyl (C=O) groups is 1. The van der Waals surface area contributed by atoms with Crippen LogP contribution in [0.2, 0.25) is 0 Å². The Morgan fingerprint density at radius 2 is 1.70 bits per heavy atom. The molecule has 1 atom stereocenters. The predicted molar refractivity (Wildman–Crippen MR) is 110 cm³/mol. The normalized spacial score (nSPS) is 19.6. The van der Waals surface area contributed by atoms with E-state index in [1.165, 1.54) is 20.8 Å². The number of hydrogen-bond donors (Lipinski definition) is 0. The molecule has 0 saturated carbocycles. The number of likely N-dealkylation sites (N-methyl/N-ethyl adjacent to an activating group) is 1. The quantitative estimate of drug-likeness (QED) is 0.548. The average Bonchev–Trinajstić information content (AvgIpc) is 2.70. The maximum Gasteiger partial charge on any atom is 0.420 e. The van der Waals surface area contributed by atoms with Crippen molar-refractivity contribution < 1.29 is 44.6 Å². The Morgan fingerprint density at radius 1 is 1.12 bits per heavy atom. The van der Waals surface area contributed by atoms with Gasteiger partial charge in [0.15, 0.2) is 0 Å². The van der Waals surface area contributed by atoms with E-state index >= 15 is 0 Å². The Morgan fingerprint density at radius 3 is 2.15 bits per heavy atom. The smallest absolute Gasteiger partial charge is 0.420 e. The number of fused-ring (bicyclic) bond motifs is 1. The highest BCUT2D eigenvalue weighted by atomic mass is 32.2. The first-order valence-corrected chi connectivity index (χ1v) is 11.4. The van der Waals surface area contributed by atoms with Crippen LogP contribution < -0.4 is 9.64 Å². The van der Waals surface area contributed by atoms with Crippen molar-refractivity contribution in [2.45, 2.75) is 69.2 Å². The molecule has 1 heterocycles. The van der Waals surface area contributed by atoms with Gasteiger partial charge in [-0.1, -0.05) is 0 Å². The standard InChI is InChI=1S/C20H27F5N2O5S/c1-18(2,3)32-17(28)27-11-12(7-8-19(4,21)22)26(5)33(29,30)16-10-15(31-6)13(9-14(16)27)20(23,24)25/h9-10,12H,7-8,11H2,1-6H3. The van der Waals surface area contributed by atoms with Crippen LogP contribution in [-0.2, 0) is 20.9 Å².